The molecule has 3 nitrogen and oxygen atoms in total. The third kappa shape index (κ3) is 3.50. The van der Waals surface area contributed by atoms with Crippen molar-refractivity contribution in [2.24, 2.45) is 5.10 Å². The van der Waals surface area contributed by atoms with Gasteiger partial charge in [-0.05, 0) is 48.0 Å². The first-order valence-corrected chi connectivity index (χ1v) is 5.84. The van der Waals surface area contributed by atoms with E-state index < -0.39 is 0 Å². The van der Waals surface area contributed by atoms with Crippen LogP contribution in [-0.2, 0) is 0 Å². The molecule has 18 heavy (non-hydrogen) atoms. The van der Waals surface area contributed by atoms with Crippen LogP contribution in [0, 0.1) is 0 Å². The Morgan fingerprint density at radius 2 is 1.94 bits per heavy atom. The van der Waals surface area contributed by atoms with Crippen LogP contribution in [-0.4, -0.2) is 13.3 Å². The molecular formula is C14H13ClN2O. The number of nitrogens with zero attached hydrogens (tertiary/aromatic N) is 1. The maximum atomic E-state index is 5.87. The Kier molecular flexibility index (Phi) is 4.20. The van der Waals surface area contributed by atoms with Crippen LogP contribution in [0.5, 0.6) is 5.75 Å². The van der Waals surface area contributed by atoms with E-state index in [9.17, 15) is 0 Å². The Labute approximate surface area is 111 Å². The molecule has 0 heterocycles. The Balaban J connectivity index is 1.98. The van der Waals surface area contributed by atoms with Gasteiger partial charge in [0.2, 0.25) is 0 Å². The highest BCUT2D eigenvalue weighted by Gasteiger charge is 1.92. The smallest absolute Gasteiger partial charge is 0.118 e. The molecule has 1 N–H and O–H groups in total. The van der Waals surface area contributed by atoms with Gasteiger partial charge in [-0.1, -0.05) is 17.7 Å². The van der Waals surface area contributed by atoms with E-state index >= 15 is 0 Å². The minimum Gasteiger partial charge on any atom is -0.497 e. The first kappa shape index (κ1) is 12.5. The summed E-state index contributed by atoms with van der Waals surface area (Å²) < 4.78 is 5.08. The van der Waals surface area contributed by atoms with Gasteiger partial charge >= 0.3 is 0 Å². The molecule has 0 amide bonds. The van der Waals surface area contributed by atoms with Crippen molar-refractivity contribution in [3.05, 3.63) is 59.1 Å². The fourth-order valence-corrected chi connectivity index (χ4v) is 1.62. The highest BCUT2D eigenvalue weighted by atomic mass is 35.5. The number of methoxy groups -OCH3 is 1. The van der Waals surface area contributed by atoms with E-state index in [0.717, 1.165) is 17.0 Å². The van der Waals surface area contributed by atoms with E-state index in [2.05, 4.69) is 10.5 Å². The molecule has 0 aliphatic heterocycles. The van der Waals surface area contributed by atoms with Crippen LogP contribution in [0.3, 0.4) is 0 Å². The van der Waals surface area contributed by atoms with Gasteiger partial charge in [0.15, 0.2) is 0 Å². The van der Waals surface area contributed by atoms with Crippen molar-refractivity contribution in [2.45, 2.75) is 0 Å². The molecule has 0 aromatic heterocycles. The average molecular weight is 261 g/mol. The summed E-state index contributed by atoms with van der Waals surface area (Å²) >= 11 is 5.87. The van der Waals surface area contributed by atoms with E-state index in [1.54, 1.807) is 13.3 Å². The highest BCUT2D eigenvalue weighted by molar-refractivity contribution is 6.30. The summed E-state index contributed by atoms with van der Waals surface area (Å²) in [5, 5.41) is 4.81. The van der Waals surface area contributed by atoms with E-state index in [-0.39, 0.29) is 0 Å². The van der Waals surface area contributed by atoms with Crippen LogP contribution in [0.15, 0.2) is 53.6 Å². The van der Waals surface area contributed by atoms with Gasteiger partial charge in [0.25, 0.3) is 0 Å². The summed E-state index contributed by atoms with van der Waals surface area (Å²) in [5.41, 5.74) is 4.76. The lowest BCUT2D eigenvalue weighted by atomic mass is 10.2. The monoisotopic (exact) mass is 260 g/mol. The molecule has 2 rings (SSSR count). The van der Waals surface area contributed by atoms with E-state index in [4.69, 9.17) is 16.3 Å². The van der Waals surface area contributed by atoms with Gasteiger partial charge in [0.05, 0.1) is 19.0 Å². The minimum atomic E-state index is 0.680. The Morgan fingerprint density at radius 1 is 1.17 bits per heavy atom. The first-order valence-electron chi connectivity index (χ1n) is 5.46. The predicted molar refractivity (Wildman–Crippen MR) is 75.7 cm³/mol. The highest BCUT2D eigenvalue weighted by Crippen LogP contribution is 2.15. The van der Waals surface area contributed by atoms with Crippen LogP contribution in [0.2, 0.25) is 5.02 Å². The third-order valence-electron chi connectivity index (χ3n) is 2.35. The lowest BCUT2D eigenvalue weighted by Gasteiger charge is -2.01. The maximum absolute atomic E-state index is 5.87. The summed E-state index contributed by atoms with van der Waals surface area (Å²) in [5.74, 6) is 0.829. The van der Waals surface area contributed by atoms with Gasteiger partial charge in [0, 0.05) is 5.02 Å². The third-order valence-corrected chi connectivity index (χ3v) is 2.58. The summed E-state index contributed by atoms with van der Waals surface area (Å²) in [6.45, 7) is 0. The predicted octanol–water partition coefficient (Wildman–Crippen LogP) is 3.79. The molecule has 0 fully saturated rings. The molecule has 0 radical (unpaired) electrons. The van der Waals surface area contributed by atoms with Crippen molar-refractivity contribution >= 4 is 23.5 Å². The second-order valence-corrected chi connectivity index (χ2v) is 4.09. The zero-order valence-corrected chi connectivity index (χ0v) is 10.7. The SMILES string of the molecule is COc1ccc(/C=N/Nc2cccc(Cl)c2)cc1. The topological polar surface area (TPSA) is 33.6 Å². The van der Waals surface area contributed by atoms with Crippen molar-refractivity contribution in [1.29, 1.82) is 0 Å². The van der Waals surface area contributed by atoms with Crippen molar-refractivity contribution in [2.75, 3.05) is 12.5 Å². The van der Waals surface area contributed by atoms with E-state index in [0.29, 0.717) is 5.02 Å². The summed E-state index contributed by atoms with van der Waals surface area (Å²) in [6.07, 6.45) is 1.74. The molecule has 0 aliphatic carbocycles. The fraction of sp³-hybridized carbons (Fsp3) is 0.0714. The maximum Gasteiger partial charge on any atom is 0.118 e. The van der Waals surface area contributed by atoms with Gasteiger partial charge in [-0.15, -0.1) is 0 Å². The first-order chi connectivity index (χ1) is 8.78. The summed E-state index contributed by atoms with van der Waals surface area (Å²) in [6, 6.07) is 15.0. The Morgan fingerprint density at radius 3 is 2.61 bits per heavy atom. The lowest BCUT2D eigenvalue weighted by Crippen LogP contribution is -1.90. The summed E-state index contributed by atoms with van der Waals surface area (Å²) in [4.78, 5) is 0. The number of ether oxygens (including phenoxy) is 1. The Hall–Kier alpha value is -2.00. The van der Waals surface area contributed by atoms with Gasteiger partial charge in [0.1, 0.15) is 5.75 Å². The van der Waals surface area contributed by atoms with Crippen molar-refractivity contribution in [3.63, 3.8) is 0 Å². The molecule has 4 heteroatoms. The largest absolute Gasteiger partial charge is 0.497 e. The minimum absolute atomic E-state index is 0.680. The van der Waals surface area contributed by atoms with Crippen LogP contribution >= 0.6 is 11.6 Å². The summed E-state index contributed by atoms with van der Waals surface area (Å²) in [7, 11) is 1.64. The second kappa shape index (κ2) is 6.07. The Bertz CT molecular complexity index is 538. The quantitative estimate of drug-likeness (QED) is 0.670. The molecule has 0 aliphatic rings. The molecule has 0 atom stereocenters. The van der Waals surface area contributed by atoms with Crippen molar-refractivity contribution < 1.29 is 4.74 Å². The number of hydrogen-bond acceptors (Lipinski definition) is 3. The number of benzene rings is 2. The van der Waals surface area contributed by atoms with Crippen LogP contribution in [0.25, 0.3) is 0 Å². The van der Waals surface area contributed by atoms with Crippen LogP contribution < -0.4 is 10.2 Å². The number of anilines is 1. The van der Waals surface area contributed by atoms with E-state index in [1.807, 2.05) is 48.5 Å². The van der Waals surface area contributed by atoms with Crippen molar-refractivity contribution in [3.8, 4) is 5.75 Å². The number of nitrogens with one attached hydrogen (secondary N) is 1. The zero-order valence-electron chi connectivity index (χ0n) is 9.93. The van der Waals surface area contributed by atoms with Crippen LogP contribution in [0.4, 0.5) is 5.69 Å². The second-order valence-electron chi connectivity index (χ2n) is 3.65. The number of hydrogen-bond donors (Lipinski definition) is 1. The standard InChI is InChI=1S/C14H13ClN2O/c1-18-14-7-5-11(6-8-14)10-16-17-13-4-2-3-12(15)9-13/h2-10,17H,1H3/b16-10+. The fourth-order valence-electron chi connectivity index (χ4n) is 1.43. The molecule has 0 bridgehead atoms. The molecule has 0 spiro atoms. The van der Waals surface area contributed by atoms with E-state index in [1.165, 1.54) is 0 Å². The van der Waals surface area contributed by atoms with Gasteiger partial charge < -0.3 is 4.74 Å². The molecule has 0 saturated carbocycles. The molecule has 0 unspecified atom stereocenters. The zero-order chi connectivity index (χ0) is 12.8. The number of hydrazone groups is 1. The normalized spacial score (nSPS) is 10.6. The molecule has 0 saturated heterocycles. The average Bonchev–Trinajstić information content (AvgIpc) is 2.40. The van der Waals surface area contributed by atoms with Gasteiger partial charge in [-0.3, -0.25) is 5.43 Å². The van der Waals surface area contributed by atoms with Gasteiger partial charge in [-0.2, -0.15) is 5.10 Å². The van der Waals surface area contributed by atoms with Gasteiger partial charge in [-0.25, -0.2) is 0 Å². The lowest BCUT2D eigenvalue weighted by molar-refractivity contribution is 0.415. The van der Waals surface area contributed by atoms with Crippen LogP contribution in [0.1, 0.15) is 5.56 Å². The number of halogens is 1. The molecule has 92 valence electrons. The molecule has 2 aromatic carbocycles. The number of rotatable bonds is 4. The molecular weight excluding hydrogens is 248 g/mol. The van der Waals surface area contributed by atoms with Crippen molar-refractivity contribution in [1.82, 2.24) is 0 Å². The molecule has 2 aromatic rings.